The molecule has 0 spiro atoms. The van der Waals surface area contributed by atoms with Gasteiger partial charge in [-0.05, 0) is 52.5 Å². The first kappa shape index (κ1) is 20.2. The van der Waals surface area contributed by atoms with Crippen LogP contribution in [0.1, 0.15) is 56.8 Å². The molecule has 1 aromatic rings. The number of hydrogen-bond donors (Lipinski definition) is 3. The van der Waals surface area contributed by atoms with Crippen molar-refractivity contribution in [2.75, 3.05) is 5.32 Å². The average molecular weight is 387 g/mol. The van der Waals surface area contributed by atoms with E-state index in [2.05, 4.69) is 15.6 Å². The lowest BCUT2D eigenvalue weighted by Gasteiger charge is -2.30. The van der Waals surface area contributed by atoms with Gasteiger partial charge in [0.2, 0.25) is 0 Å². The second-order valence-electron chi connectivity index (χ2n) is 7.36. The van der Waals surface area contributed by atoms with Crippen LogP contribution in [-0.4, -0.2) is 34.7 Å². The second kappa shape index (κ2) is 8.07. The zero-order valence-electron chi connectivity index (χ0n) is 15.1. The molecule has 1 aromatic heterocycles. The highest BCUT2D eigenvalue weighted by Gasteiger charge is 2.26. The van der Waals surface area contributed by atoms with E-state index in [0.717, 1.165) is 31.7 Å². The Kier molecular flexibility index (Phi) is 6.28. The first-order valence-corrected chi connectivity index (χ1v) is 8.85. The second-order valence-corrected chi connectivity index (χ2v) is 7.72. The lowest BCUT2D eigenvalue weighted by molar-refractivity contribution is 0.0492. The molecule has 4 N–H and O–H groups in total. The third-order valence-corrected chi connectivity index (χ3v) is 4.27. The molecule has 1 saturated carbocycles. The topological polar surface area (TPSA) is 106 Å². The zero-order valence-corrected chi connectivity index (χ0v) is 15.8. The first-order chi connectivity index (χ1) is 12.0. The Morgan fingerprint density at radius 3 is 2.38 bits per heavy atom. The summed E-state index contributed by atoms with van der Waals surface area (Å²) in [5, 5.41) is 5.71. The van der Waals surface area contributed by atoms with Crippen LogP contribution < -0.4 is 16.4 Å². The number of nitrogens with zero attached hydrogens (tertiary/aromatic N) is 1. The fourth-order valence-corrected chi connectivity index (χ4v) is 3.02. The predicted molar refractivity (Wildman–Crippen MR) is 96.8 cm³/mol. The van der Waals surface area contributed by atoms with Crippen molar-refractivity contribution in [2.45, 2.75) is 64.1 Å². The number of nitrogens with one attached hydrogen (secondary N) is 2. The third-order valence-electron chi connectivity index (χ3n) is 3.98. The van der Waals surface area contributed by atoms with Crippen LogP contribution in [0.3, 0.4) is 0 Å². The summed E-state index contributed by atoms with van der Waals surface area (Å²) < 4.78 is 19.3. The van der Waals surface area contributed by atoms with Gasteiger partial charge in [-0.25, -0.2) is 14.2 Å². The highest BCUT2D eigenvalue weighted by molar-refractivity contribution is 6.32. The molecule has 0 aromatic carbocycles. The van der Waals surface area contributed by atoms with Gasteiger partial charge >= 0.3 is 6.09 Å². The molecule has 7 nitrogen and oxygen atoms in total. The number of hydrogen-bond acceptors (Lipinski definition) is 5. The van der Waals surface area contributed by atoms with Crippen LogP contribution in [0.25, 0.3) is 0 Å². The highest BCUT2D eigenvalue weighted by Crippen LogP contribution is 2.25. The van der Waals surface area contributed by atoms with Crippen LogP contribution in [0.4, 0.5) is 15.0 Å². The predicted octanol–water partition coefficient (Wildman–Crippen LogP) is 3.22. The van der Waals surface area contributed by atoms with Crippen molar-refractivity contribution in [1.82, 2.24) is 10.3 Å². The number of pyridine rings is 1. The fraction of sp³-hybridized carbons (Fsp3) is 0.588. The lowest BCUT2D eigenvalue weighted by atomic mass is 9.91. The summed E-state index contributed by atoms with van der Waals surface area (Å²) in [5.41, 5.74) is 4.42. The van der Waals surface area contributed by atoms with Gasteiger partial charge in [0.25, 0.3) is 5.91 Å². The molecule has 0 saturated heterocycles. The molecule has 9 heteroatoms. The molecule has 0 atom stereocenters. The van der Waals surface area contributed by atoms with Crippen LogP contribution in [0, 0.1) is 5.82 Å². The summed E-state index contributed by atoms with van der Waals surface area (Å²) in [4.78, 5) is 26.8. The molecule has 0 unspecified atom stereocenters. The van der Waals surface area contributed by atoms with Gasteiger partial charge in [0, 0.05) is 12.1 Å². The van der Waals surface area contributed by atoms with Crippen LogP contribution in [0.2, 0.25) is 5.15 Å². The number of ether oxygens (including phenoxy) is 1. The molecule has 1 heterocycles. The van der Waals surface area contributed by atoms with Crippen molar-refractivity contribution in [2.24, 2.45) is 5.73 Å². The SMILES string of the molecule is CC(C)(C)OC(=O)NC1CCC(Nc2nc(Cl)c(C(N)=O)cc2F)CC1. The normalized spacial score (nSPS) is 20.3. The Labute approximate surface area is 156 Å². The van der Waals surface area contributed by atoms with Crippen LogP contribution in [0.15, 0.2) is 6.07 Å². The average Bonchev–Trinajstić information content (AvgIpc) is 2.50. The van der Waals surface area contributed by atoms with E-state index in [1.54, 1.807) is 0 Å². The summed E-state index contributed by atoms with van der Waals surface area (Å²) in [7, 11) is 0. The zero-order chi connectivity index (χ0) is 19.5. The van der Waals surface area contributed by atoms with E-state index in [-0.39, 0.29) is 28.6 Å². The molecule has 2 amide bonds. The number of alkyl carbamates (subject to hydrolysis) is 1. The number of nitrogens with two attached hydrogens (primary N) is 1. The van der Waals surface area contributed by atoms with E-state index in [0.29, 0.717) is 0 Å². The van der Waals surface area contributed by atoms with E-state index in [1.807, 2.05) is 20.8 Å². The fourth-order valence-electron chi connectivity index (χ4n) is 2.79. The Balaban J connectivity index is 1.88. The number of carbonyl (C=O) groups excluding carboxylic acids is 2. The van der Waals surface area contributed by atoms with Gasteiger partial charge in [0.05, 0.1) is 5.56 Å². The van der Waals surface area contributed by atoms with Gasteiger partial charge in [-0.1, -0.05) is 11.6 Å². The van der Waals surface area contributed by atoms with Gasteiger partial charge in [-0.2, -0.15) is 0 Å². The smallest absolute Gasteiger partial charge is 0.407 e. The molecule has 1 aliphatic carbocycles. The molecule has 144 valence electrons. The minimum atomic E-state index is -0.832. The van der Waals surface area contributed by atoms with E-state index in [9.17, 15) is 14.0 Å². The summed E-state index contributed by atoms with van der Waals surface area (Å²) in [6.07, 6.45) is 2.46. The summed E-state index contributed by atoms with van der Waals surface area (Å²) in [6.45, 7) is 5.43. The molecule has 0 aliphatic heterocycles. The van der Waals surface area contributed by atoms with E-state index >= 15 is 0 Å². The number of anilines is 1. The summed E-state index contributed by atoms with van der Waals surface area (Å²) in [6, 6.07) is 0.987. The largest absolute Gasteiger partial charge is 0.444 e. The van der Waals surface area contributed by atoms with Gasteiger partial charge in [0.15, 0.2) is 11.6 Å². The quantitative estimate of drug-likeness (QED) is 0.689. The molecular formula is C17H24ClFN4O3. The molecule has 1 fully saturated rings. The molecule has 0 radical (unpaired) electrons. The number of halogens is 2. The van der Waals surface area contributed by atoms with E-state index < -0.39 is 23.4 Å². The lowest BCUT2D eigenvalue weighted by Crippen LogP contribution is -2.42. The molecule has 26 heavy (non-hydrogen) atoms. The van der Waals surface area contributed by atoms with E-state index in [1.165, 1.54) is 0 Å². The first-order valence-electron chi connectivity index (χ1n) is 8.47. The van der Waals surface area contributed by atoms with Gasteiger partial charge in [0.1, 0.15) is 10.8 Å². The van der Waals surface area contributed by atoms with E-state index in [4.69, 9.17) is 22.1 Å². The van der Waals surface area contributed by atoms with Crippen LogP contribution in [-0.2, 0) is 4.74 Å². The standard InChI is InChI=1S/C17H24ClFN4O3/c1-17(2,3)26-16(25)22-10-6-4-9(5-7-10)21-15-12(19)8-11(14(20)24)13(18)23-15/h8-10H,4-7H2,1-3H3,(H2,20,24)(H,21,23)(H,22,25). The summed E-state index contributed by atoms with van der Waals surface area (Å²) >= 11 is 5.87. The van der Waals surface area contributed by atoms with Crippen molar-refractivity contribution in [3.63, 3.8) is 0 Å². The Hall–Kier alpha value is -2.09. The van der Waals surface area contributed by atoms with Gasteiger partial charge < -0.3 is 21.1 Å². The molecule has 1 aliphatic rings. The summed E-state index contributed by atoms with van der Waals surface area (Å²) in [5.74, 6) is -1.53. The highest BCUT2D eigenvalue weighted by atomic mass is 35.5. The molecule has 2 rings (SSSR count). The Bertz CT molecular complexity index is 685. The van der Waals surface area contributed by atoms with Crippen molar-refractivity contribution in [1.29, 1.82) is 0 Å². The molecule has 0 bridgehead atoms. The van der Waals surface area contributed by atoms with Gasteiger partial charge in [-0.15, -0.1) is 0 Å². The van der Waals surface area contributed by atoms with Crippen molar-refractivity contribution >= 4 is 29.4 Å². The number of amides is 2. The van der Waals surface area contributed by atoms with Crippen molar-refractivity contribution in [3.8, 4) is 0 Å². The van der Waals surface area contributed by atoms with Gasteiger partial charge in [-0.3, -0.25) is 4.79 Å². The minimum absolute atomic E-state index is 0.0100. The number of carbonyl (C=O) groups is 2. The number of rotatable bonds is 4. The van der Waals surface area contributed by atoms with Crippen LogP contribution >= 0.6 is 11.6 Å². The third kappa shape index (κ3) is 5.72. The molecular weight excluding hydrogens is 363 g/mol. The Morgan fingerprint density at radius 2 is 1.85 bits per heavy atom. The minimum Gasteiger partial charge on any atom is -0.444 e. The monoisotopic (exact) mass is 386 g/mol. The maximum Gasteiger partial charge on any atom is 0.407 e. The Morgan fingerprint density at radius 1 is 1.27 bits per heavy atom. The van der Waals surface area contributed by atoms with Crippen molar-refractivity contribution < 1.29 is 18.7 Å². The van der Waals surface area contributed by atoms with Crippen molar-refractivity contribution in [3.05, 3.63) is 22.6 Å². The van der Waals surface area contributed by atoms with Crippen LogP contribution in [0.5, 0.6) is 0 Å². The maximum absolute atomic E-state index is 14.1. The number of primary amides is 1. The number of aromatic nitrogens is 1. The maximum atomic E-state index is 14.1.